The van der Waals surface area contributed by atoms with Gasteiger partial charge in [0.25, 0.3) is 11.8 Å². The number of aryl methyl sites for hydroxylation is 1. The number of carbonyl (C=O) groups excluding carboxylic acids is 3. The number of amides is 2. The summed E-state index contributed by atoms with van der Waals surface area (Å²) < 4.78 is 0. The summed E-state index contributed by atoms with van der Waals surface area (Å²) in [6.45, 7) is 1.74. The van der Waals surface area contributed by atoms with Crippen molar-refractivity contribution in [2.75, 3.05) is 0 Å². The summed E-state index contributed by atoms with van der Waals surface area (Å²) in [5.41, 5.74) is 1.33. The fourth-order valence-electron chi connectivity index (χ4n) is 2.16. The van der Waals surface area contributed by atoms with Crippen LogP contribution in [0.1, 0.15) is 36.6 Å². The van der Waals surface area contributed by atoms with Gasteiger partial charge in [0.15, 0.2) is 0 Å². The van der Waals surface area contributed by atoms with Crippen molar-refractivity contribution in [2.45, 2.75) is 6.92 Å². The van der Waals surface area contributed by atoms with Gasteiger partial charge >= 0.3 is 5.97 Å². The van der Waals surface area contributed by atoms with Crippen LogP contribution in [0.25, 0.3) is 0 Å². The Morgan fingerprint density at radius 2 is 1.64 bits per heavy atom. The summed E-state index contributed by atoms with van der Waals surface area (Å²) in [6, 6.07) is 10.8. The van der Waals surface area contributed by atoms with Gasteiger partial charge in [-0.2, -0.15) is 0 Å². The second-order valence-electron chi connectivity index (χ2n) is 4.79. The van der Waals surface area contributed by atoms with Crippen LogP contribution in [0.15, 0.2) is 42.5 Å². The first-order valence-electron chi connectivity index (χ1n) is 6.45. The molecule has 0 fully saturated rings. The number of carbonyl (C=O) groups is 3. The highest BCUT2D eigenvalue weighted by molar-refractivity contribution is 6.31. The number of fused-ring (bicyclic) bond motifs is 1. The quantitative estimate of drug-likeness (QED) is 0.799. The summed E-state index contributed by atoms with van der Waals surface area (Å²) in [4.78, 5) is 41.2. The summed E-state index contributed by atoms with van der Waals surface area (Å²) in [5.74, 6) is -2.10. The number of hydrogen-bond acceptors (Lipinski definition) is 4. The average Bonchev–Trinajstić information content (AvgIpc) is 2.75. The van der Waals surface area contributed by atoms with Gasteiger partial charge in [-0.1, -0.05) is 28.8 Å². The van der Waals surface area contributed by atoms with Crippen molar-refractivity contribution in [2.24, 2.45) is 0 Å². The van der Waals surface area contributed by atoms with E-state index in [1.165, 1.54) is 24.3 Å². The van der Waals surface area contributed by atoms with Crippen LogP contribution in [-0.2, 0) is 4.84 Å². The number of benzene rings is 2. The second-order valence-corrected chi connectivity index (χ2v) is 5.20. The molecule has 2 aromatic carbocycles. The van der Waals surface area contributed by atoms with Crippen LogP contribution in [-0.4, -0.2) is 22.8 Å². The molecule has 0 radical (unpaired) electrons. The average molecular weight is 316 g/mol. The molecule has 22 heavy (non-hydrogen) atoms. The number of nitrogens with zero attached hydrogens (tertiary/aromatic N) is 1. The zero-order valence-corrected chi connectivity index (χ0v) is 12.3. The molecular weight excluding hydrogens is 306 g/mol. The van der Waals surface area contributed by atoms with Gasteiger partial charge in [0.1, 0.15) is 0 Å². The first-order valence-corrected chi connectivity index (χ1v) is 6.83. The van der Waals surface area contributed by atoms with E-state index < -0.39 is 17.8 Å². The molecule has 1 aliphatic heterocycles. The van der Waals surface area contributed by atoms with E-state index in [9.17, 15) is 14.4 Å². The third-order valence-electron chi connectivity index (χ3n) is 3.32. The van der Waals surface area contributed by atoms with Gasteiger partial charge in [0.2, 0.25) is 0 Å². The third-order valence-corrected chi connectivity index (χ3v) is 3.75. The molecule has 110 valence electrons. The minimum Gasteiger partial charge on any atom is -0.324 e. The van der Waals surface area contributed by atoms with E-state index in [0.29, 0.717) is 15.6 Å². The molecule has 0 aliphatic carbocycles. The van der Waals surface area contributed by atoms with Crippen molar-refractivity contribution < 1.29 is 19.2 Å². The van der Waals surface area contributed by atoms with Crippen molar-refractivity contribution in [1.29, 1.82) is 0 Å². The van der Waals surface area contributed by atoms with Crippen molar-refractivity contribution in [3.05, 3.63) is 69.7 Å². The van der Waals surface area contributed by atoms with Crippen molar-refractivity contribution in [3.8, 4) is 0 Å². The lowest BCUT2D eigenvalue weighted by Gasteiger charge is -2.13. The largest absolute Gasteiger partial charge is 0.363 e. The Hall–Kier alpha value is -2.66. The second kappa shape index (κ2) is 5.27. The Labute approximate surface area is 131 Å². The molecule has 3 rings (SSSR count). The topological polar surface area (TPSA) is 63.7 Å². The SMILES string of the molecule is Cc1cc(C(=O)ON2C(=O)c3ccccc3C2=O)ccc1Cl. The maximum absolute atomic E-state index is 12.1. The first-order chi connectivity index (χ1) is 10.5. The first kappa shape index (κ1) is 14.3. The van der Waals surface area contributed by atoms with E-state index in [0.717, 1.165) is 0 Å². The molecule has 1 heterocycles. The molecule has 6 heteroatoms. The maximum atomic E-state index is 12.1. The van der Waals surface area contributed by atoms with Gasteiger partial charge < -0.3 is 4.84 Å². The van der Waals surface area contributed by atoms with E-state index in [1.807, 2.05) is 0 Å². The van der Waals surface area contributed by atoms with Gasteiger partial charge in [-0.25, -0.2) is 4.79 Å². The van der Waals surface area contributed by atoms with E-state index >= 15 is 0 Å². The Morgan fingerprint density at radius 3 is 2.18 bits per heavy atom. The molecule has 0 N–H and O–H groups in total. The number of rotatable bonds is 2. The Balaban J connectivity index is 1.85. The van der Waals surface area contributed by atoms with Gasteiger partial charge in [-0.15, -0.1) is 0 Å². The molecule has 2 amide bonds. The predicted molar refractivity (Wildman–Crippen MR) is 78.5 cm³/mol. The van der Waals surface area contributed by atoms with Crippen LogP contribution in [0.2, 0.25) is 5.02 Å². The smallest absolute Gasteiger partial charge is 0.324 e. The molecular formula is C16H10ClNO4. The van der Waals surface area contributed by atoms with E-state index in [-0.39, 0.29) is 16.7 Å². The summed E-state index contributed by atoms with van der Waals surface area (Å²) >= 11 is 5.89. The summed E-state index contributed by atoms with van der Waals surface area (Å²) in [7, 11) is 0. The molecule has 0 saturated carbocycles. The van der Waals surface area contributed by atoms with Crippen molar-refractivity contribution >= 4 is 29.4 Å². The standard InChI is InChI=1S/C16H10ClNO4/c1-9-8-10(6-7-13(9)17)16(21)22-18-14(19)11-4-2-3-5-12(11)15(18)20/h2-8H,1H3. The monoisotopic (exact) mass is 315 g/mol. The van der Waals surface area contributed by atoms with Gasteiger partial charge in [-0.3, -0.25) is 9.59 Å². The van der Waals surface area contributed by atoms with Crippen molar-refractivity contribution in [3.63, 3.8) is 0 Å². The molecule has 0 spiro atoms. The minimum atomic E-state index is -0.797. The van der Waals surface area contributed by atoms with Crippen LogP contribution in [0.4, 0.5) is 0 Å². The lowest BCUT2D eigenvalue weighted by atomic mass is 10.1. The molecule has 0 aromatic heterocycles. The number of hydrogen-bond donors (Lipinski definition) is 0. The van der Waals surface area contributed by atoms with Gasteiger partial charge in [-0.05, 0) is 42.8 Å². The van der Waals surface area contributed by atoms with Crippen LogP contribution in [0.3, 0.4) is 0 Å². The van der Waals surface area contributed by atoms with Crippen LogP contribution >= 0.6 is 11.6 Å². The minimum absolute atomic E-state index is 0.207. The fraction of sp³-hybridized carbons (Fsp3) is 0.0625. The van der Waals surface area contributed by atoms with Crippen LogP contribution in [0.5, 0.6) is 0 Å². The molecule has 0 atom stereocenters. The maximum Gasteiger partial charge on any atom is 0.363 e. The zero-order chi connectivity index (χ0) is 15.9. The van der Waals surface area contributed by atoms with E-state index in [1.54, 1.807) is 25.1 Å². The molecule has 5 nitrogen and oxygen atoms in total. The Bertz CT molecular complexity index is 781. The van der Waals surface area contributed by atoms with E-state index in [4.69, 9.17) is 16.4 Å². The van der Waals surface area contributed by atoms with Gasteiger partial charge in [0, 0.05) is 5.02 Å². The lowest BCUT2D eigenvalue weighted by molar-refractivity contribution is -0.0584. The molecule has 1 aliphatic rings. The molecule has 0 saturated heterocycles. The van der Waals surface area contributed by atoms with Crippen LogP contribution < -0.4 is 0 Å². The predicted octanol–water partition coefficient (Wildman–Crippen LogP) is 3.02. The third kappa shape index (κ3) is 2.25. The highest BCUT2D eigenvalue weighted by atomic mass is 35.5. The molecule has 2 aromatic rings. The summed E-state index contributed by atoms with van der Waals surface area (Å²) in [6.07, 6.45) is 0. The van der Waals surface area contributed by atoms with Crippen molar-refractivity contribution in [1.82, 2.24) is 5.06 Å². The normalized spacial score (nSPS) is 13.3. The Morgan fingerprint density at radius 1 is 1.05 bits per heavy atom. The fourth-order valence-corrected chi connectivity index (χ4v) is 2.27. The molecule has 0 unspecified atom stereocenters. The number of imide groups is 1. The highest BCUT2D eigenvalue weighted by Gasteiger charge is 2.38. The highest BCUT2D eigenvalue weighted by Crippen LogP contribution is 2.24. The molecule has 0 bridgehead atoms. The Kier molecular flexibility index (Phi) is 3.42. The van der Waals surface area contributed by atoms with Crippen LogP contribution in [0, 0.1) is 6.92 Å². The summed E-state index contributed by atoms with van der Waals surface area (Å²) in [5, 5.41) is 0.994. The van der Waals surface area contributed by atoms with E-state index in [2.05, 4.69) is 0 Å². The zero-order valence-electron chi connectivity index (χ0n) is 11.5. The number of hydroxylamine groups is 2. The number of halogens is 1. The van der Waals surface area contributed by atoms with Gasteiger partial charge in [0.05, 0.1) is 16.7 Å². The lowest BCUT2D eigenvalue weighted by Crippen LogP contribution is -2.32.